The van der Waals surface area contributed by atoms with E-state index in [0.29, 0.717) is 0 Å². The molecule has 1 aromatic rings. The second kappa shape index (κ2) is 8.26. The van der Waals surface area contributed by atoms with Crippen molar-refractivity contribution in [3.8, 4) is 5.75 Å². The third kappa shape index (κ3) is 5.84. The maximum atomic E-state index is 5.66. The first kappa shape index (κ1) is 13.2. The lowest BCUT2D eigenvalue weighted by molar-refractivity contribution is 0.304. The standard InChI is InChI=1S/C14H21BO/c1-2-3-4-5-6-7-11-16-14-10-8-9-13(15)12-14/h8-10,12H,2-7,11H2,1H3. The van der Waals surface area contributed by atoms with Crippen molar-refractivity contribution in [2.24, 2.45) is 0 Å². The van der Waals surface area contributed by atoms with Gasteiger partial charge in [0.15, 0.2) is 0 Å². The first-order valence-electron chi connectivity index (χ1n) is 6.31. The number of unbranched alkanes of at least 4 members (excludes halogenated alkanes) is 5. The van der Waals surface area contributed by atoms with Crippen molar-refractivity contribution in [2.75, 3.05) is 6.61 Å². The zero-order chi connectivity index (χ0) is 11.6. The van der Waals surface area contributed by atoms with Gasteiger partial charge in [-0.05, 0) is 18.6 Å². The van der Waals surface area contributed by atoms with Gasteiger partial charge in [-0.15, -0.1) is 0 Å². The van der Waals surface area contributed by atoms with E-state index in [1.807, 2.05) is 24.3 Å². The van der Waals surface area contributed by atoms with E-state index in [0.717, 1.165) is 24.2 Å². The molecule has 0 bridgehead atoms. The van der Waals surface area contributed by atoms with Gasteiger partial charge >= 0.3 is 0 Å². The fraction of sp³-hybridized carbons (Fsp3) is 0.571. The summed E-state index contributed by atoms with van der Waals surface area (Å²) >= 11 is 0. The fourth-order valence-corrected chi connectivity index (χ4v) is 1.68. The van der Waals surface area contributed by atoms with Crippen LogP contribution in [0.2, 0.25) is 0 Å². The Bertz CT molecular complexity index is 286. The van der Waals surface area contributed by atoms with E-state index >= 15 is 0 Å². The van der Waals surface area contributed by atoms with Gasteiger partial charge in [-0.2, -0.15) is 0 Å². The highest BCUT2D eigenvalue weighted by molar-refractivity contribution is 6.32. The van der Waals surface area contributed by atoms with Crippen LogP contribution in [0.1, 0.15) is 45.4 Å². The Hall–Kier alpha value is -0.915. The molecule has 1 rings (SSSR count). The van der Waals surface area contributed by atoms with Gasteiger partial charge in [0, 0.05) is 0 Å². The molecule has 0 aromatic heterocycles. The fourth-order valence-electron chi connectivity index (χ4n) is 1.68. The Balaban J connectivity index is 2.03. The molecule has 1 aromatic carbocycles. The summed E-state index contributed by atoms with van der Waals surface area (Å²) in [4.78, 5) is 0. The van der Waals surface area contributed by atoms with E-state index in [1.165, 1.54) is 32.1 Å². The molecule has 0 aliphatic heterocycles. The van der Waals surface area contributed by atoms with E-state index < -0.39 is 0 Å². The minimum Gasteiger partial charge on any atom is -0.494 e. The van der Waals surface area contributed by atoms with Crippen molar-refractivity contribution in [3.63, 3.8) is 0 Å². The molecular formula is C14H21BO. The highest BCUT2D eigenvalue weighted by Gasteiger charge is 1.94. The predicted octanol–water partition coefficient (Wildman–Crippen LogP) is 3.22. The van der Waals surface area contributed by atoms with Crippen LogP contribution in [0, 0.1) is 0 Å². The number of hydrogen-bond donors (Lipinski definition) is 0. The van der Waals surface area contributed by atoms with Crippen molar-refractivity contribution in [1.29, 1.82) is 0 Å². The average molecular weight is 216 g/mol. The van der Waals surface area contributed by atoms with Gasteiger partial charge in [-0.25, -0.2) is 0 Å². The number of rotatable bonds is 8. The predicted molar refractivity (Wildman–Crippen MR) is 70.7 cm³/mol. The topological polar surface area (TPSA) is 9.23 Å². The molecule has 2 radical (unpaired) electrons. The van der Waals surface area contributed by atoms with Crippen molar-refractivity contribution in [2.45, 2.75) is 45.4 Å². The van der Waals surface area contributed by atoms with Gasteiger partial charge in [-0.1, -0.05) is 56.6 Å². The maximum absolute atomic E-state index is 5.66. The van der Waals surface area contributed by atoms with Crippen LogP contribution in [-0.4, -0.2) is 14.5 Å². The summed E-state index contributed by atoms with van der Waals surface area (Å²) in [5, 5.41) is 0. The van der Waals surface area contributed by atoms with E-state index in [-0.39, 0.29) is 0 Å². The van der Waals surface area contributed by atoms with E-state index in [4.69, 9.17) is 12.6 Å². The lowest BCUT2D eigenvalue weighted by Crippen LogP contribution is -2.03. The molecule has 0 aliphatic rings. The molecule has 86 valence electrons. The van der Waals surface area contributed by atoms with E-state index in [9.17, 15) is 0 Å². The molecule has 0 N–H and O–H groups in total. The molecule has 16 heavy (non-hydrogen) atoms. The summed E-state index contributed by atoms with van der Waals surface area (Å²) < 4.78 is 5.61. The highest BCUT2D eigenvalue weighted by atomic mass is 16.5. The van der Waals surface area contributed by atoms with Crippen LogP contribution < -0.4 is 10.2 Å². The quantitative estimate of drug-likeness (QED) is 0.478. The Morgan fingerprint density at radius 2 is 1.81 bits per heavy atom. The van der Waals surface area contributed by atoms with Crippen LogP contribution in [0.4, 0.5) is 0 Å². The summed E-state index contributed by atoms with van der Waals surface area (Å²) in [5.74, 6) is 0.883. The molecule has 0 saturated carbocycles. The largest absolute Gasteiger partial charge is 0.494 e. The summed E-state index contributed by atoms with van der Waals surface area (Å²) in [5.41, 5.74) is 0.764. The Labute approximate surface area is 101 Å². The molecule has 0 amide bonds. The minimum absolute atomic E-state index is 0.764. The van der Waals surface area contributed by atoms with Crippen LogP contribution in [0.15, 0.2) is 24.3 Å². The van der Waals surface area contributed by atoms with Crippen LogP contribution >= 0.6 is 0 Å². The molecule has 0 unspecified atom stereocenters. The Morgan fingerprint density at radius 3 is 2.56 bits per heavy atom. The SMILES string of the molecule is [B]c1cccc(OCCCCCCCC)c1. The summed E-state index contributed by atoms with van der Waals surface area (Å²) in [6.07, 6.45) is 7.75. The first-order chi connectivity index (χ1) is 7.83. The average Bonchev–Trinajstić information content (AvgIpc) is 2.28. The van der Waals surface area contributed by atoms with Gasteiger partial charge in [0.25, 0.3) is 0 Å². The monoisotopic (exact) mass is 216 g/mol. The molecule has 2 heteroatoms. The molecule has 0 fully saturated rings. The zero-order valence-electron chi connectivity index (χ0n) is 10.2. The number of hydrogen-bond acceptors (Lipinski definition) is 1. The van der Waals surface area contributed by atoms with Crippen LogP contribution in [0.3, 0.4) is 0 Å². The smallest absolute Gasteiger partial charge is 0.118 e. The summed E-state index contributed by atoms with van der Waals surface area (Å²) in [6, 6.07) is 7.62. The van der Waals surface area contributed by atoms with Gasteiger partial charge in [0.2, 0.25) is 0 Å². The molecule has 0 aliphatic carbocycles. The van der Waals surface area contributed by atoms with Crippen molar-refractivity contribution in [1.82, 2.24) is 0 Å². The van der Waals surface area contributed by atoms with Gasteiger partial charge in [-0.3, -0.25) is 0 Å². The van der Waals surface area contributed by atoms with Crippen molar-refractivity contribution in [3.05, 3.63) is 24.3 Å². The van der Waals surface area contributed by atoms with E-state index in [1.54, 1.807) is 0 Å². The van der Waals surface area contributed by atoms with Crippen LogP contribution in [-0.2, 0) is 0 Å². The van der Waals surface area contributed by atoms with Crippen LogP contribution in [0.5, 0.6) is 5.75 Å². The van der Waals surface area contributed by atoms with Gasteiger partial charge in [0.05, 0.1) is 6.61 Å². The van der Waals surface area contributed by atoms with Crippen molar-refractivity contribution < 1.29 is 4.74 Å². The molecule has 0 atom stereocenters. The second-order valence-electron chi connectivity index (χ2n) is 4.19. The Kier molecular flexibility index (Phi) is 6.79. The third-order valence-corrected chi connectivity index (χ3v) is 2.62. The van der Waals surface area contributed by atoms with Gasteiger partial charge in [0.1, 0.15) is 13.6 Å². The lowest BCUT2D eigenvalue weighted by atomic mass is 9.96. The summed E-state index contributed by atoms with van der Waals surface area (Å²) in [6.45, 7) is 3.04. The normalized spacial score (nSPS) is 10.3. The molecule has 0 spiro atoms. The maximum Gasteiger partial charge on any atom is 0.118 e. The highest BCUT2D eigenvalue weighted by Crippen LogP contribution is 2.09. The van der Waals surface area contributed by atoms with Gasteiger partial charge < -0.3 is 4.74 Å². The first-order valence-corrected chi connectivity index (χ1v) is 6.31. The molecule has 1 nitrogen and oxygen atoms in total. The second-order valence-corrected chi connectivity index (χ2v) is 4.19. The Morgan fingerprint density at radius 1 is 1.06 bits per heavy atom. The van der Waals surface area contributed by atoms with Crippen molar-refractivity contribution >= 4 is 13.3 Å². The van der Waals surface area contributed by atoms with E-state index in [2.05, 4.69) is 6.92 Å². The number of benzene rings is 1. The van der Waals surface area contributed by atoms with Crippen LogP contribution in [0.25, 0.3) is 0 Å². The number of ether oxygens (including phenoxy) is 1. The molecular weight excluding hydrogens is 195 g/mol. The molecule has 0 heterocycles. The lowest BCUT2D eigenvalue weighted by Gasteiger charge is -2.06. The zero-order valence-corrected chi connectivity index (χ0v) is 10.2. The molecule has 0 saturated heterocycles. The third-order valence-electron chi connectivity index (χ3n) is 2.62. The summed E-state index contributed by atoms with van der Waals surface area (Å²) in [7, 11) is 5.66. The minimum atomic E-state index is 0.764.